The molecule has 0 spiro atoms. The third kappa shape index (κ3) is 5.16. The first-order valence-corrected chi connectivity index (χ1v) is 11.2. The van der Waals surface area contributed by atoms with Gasteiger partial charge in [0, 0.05) is 6.04 Å². The Morgan fingerprint density at radius 3 is 2.66 bits per heavy atom. The quantitative estimate of drug-likeness (QED) is 0.377. The number of nitrogens with one attached hydrogen (secondary N) is 3. The number of urea groups is 1. The third-order valence-corrected chi connectivity index (χ3v) is 7.38. The maximum absolute atomic E-state index is 12.8. The molecular weight excluding hydrogens is 403 g/mol. The van der Waals surface area contributed by atoms with Gasteiger partial charge < -0.3 is 14.0 Å². The van der Waals surface area contributed by atoms with E-state index in [-0.39, 0.29) is 18.6 Å². The van der Waals surface area contributed by atoms with E-state index in [9.17, 15) is 18.9 Å². The number of rotatable bonds is 8. The second-order valence-corrected chi connectivity index (χ2v) is 9.87. The fourth-order valence-corrected chi connectivity index (χ4v) is 4.59. The number of hydrogen-bond acceptors (Lipinski definition) is 7. The lowest BCUT2D eigenvalue weighted by molar-refractivity contribution is -0.142. The highest BCUT2D eigenvalue weighted by molar-refractivity contribution is 7.54. The lowest BCUT2D eigenvalue weighted by Crippen LogP contribution is -2.65. The molecule has 2 rings (SSSR count). The van der Waals surface area contributed by atoms with Crippen LogP contribution in [0.1, 0.15) is 40.5 Å². The molecule has 0 aliphatic carbocycles. The first-order valence-electron chi connectivity index (χ1n) is 9.53. The summed E-state index contributed by atoms with van der Waals surface area (Å²) in [4.78, 5) is 37.5. The molecule has 2 aliphatic rings. The van der Waals surface area contributed by atoms with Crippen LogP contribution in [0.15, 0.2) is 0 Å². The maximum atomic E-state index is 12.8. The van der Waals surface area contributed by atoms with Gasteiger partial charge in [0.25, 0.3) is 0 Å². The normalized spacial score (nSPS) is 29.9. The van der Waals surface area contributed by atoms with Gasteiger partial charge in [0.1, 0.15) is 12.3 Å². The number of imide groups is 1. The van der Waals surface area contributed by atoms with E-state index in [1.54, 1.807) is 13.8 Å². The molecule has 2 fully saturated rings. The fourth-order valence-electron chi connectivity index (χ4n) is 3.27. The van der Waals surface area contributed by atoms with Crippen molar-refractivity contribution < 1.29 is 32.9 Å². The summed E-state index contributed by atoms with van der Waals surface area (Å²) in [5, 5.41) is 7.54. The Balaban J connectivity index is 1.95. The minimum atomic E-state index is -3.50. The van der Waals surface area contributed by atoms with Gasteiger partial charge in [0.05, 0.1) is 25.2 Å². The van der Waals surface area contributed by atoms with E-state index in [0.29, 0.717) is 12.8 Å². The predicted molar refractivity (Wildman–Crippen MR) is 104 cm³/mol. The van der Waals surface area contributed by atoms with Crippen molar-refractivity contribution in [2.45, 2.75) is 65.0 Å². The van der Waals surface area contributed by atoms with Gasteiger partial charge in [-0.15, -0.1) is 0 Å². The van der Waals surface area contributed by atoms with E-state index in [1.807, 2.05) is 6.92 Å². The van der Waals surface area contributed by atoms with Gasteiger partial charge in [-0.1, -0.05) is 0 Å². The zero-order chi connectivity index (χ0) is 22.0. The smallest absolute Gasteiger partial charge is 0.341 e. The van der Waals surface area contributed by atoms with Crippen molar-refractivity contribution in [1.29, 1.82) is 0 Å². The number of hydrogen-bond donors (Lipinski definition) is 3. The summed E-state index contributed by atoms with van der Waals surface area (Å²) in [6.07, 6.45) is 0.247. The molecule has 166 valence electrons. The number of ether oxygens (including phenoxy) is 2. The highest BCUT2D eigenvalue weighted by atomic mass is 31.2. The molecule has 0 radical (unpaired) electrons. The van der Waals surface area contributed by atoms with Crippen LogP contribution in [0.5, 0.6) is 0 Å². The molecule has 3 amide bonds. The Kier molecular flexibility index (Phi) is 7.45. The van der Waals surface area contributed by atoms with Crippen molar-refractivity contribution in [2.24, 2.45) is 5.41 Å². The Hall–Kier alpha value is -1.52. The van der Waals surface area contributed by atoms with E-state index in [0.717, 1.165) is 0 Å². The summed E-state index contributed by atoms with van der Waals surface area (Å²) in [6.45, 7) is 6.89. The molecule has 2 heterocycles. The average molecular weight is 434 g/mol. The Bertz CT molecular complexity index is 701. The highest BCUT2D eigenvalue weighted by Crippen LogP contribution is 2.39. The molecule has 3 N–H and O–H groups in total. The van der Waals surface area contributed by atoms with E-state index >= 15 is 0 Å². The van der Waals surface area contributed by atoms with Crippen LogP contribution in [0.4, 0.5) is 4.79 Å². The molecule has 0 saturated carbocycles. The van der Waals surface area contributed by atoms with Crippen LogP contribution in [-0.4, -0.2) is 68.0 Å². The van der Waals surface area contributed by atoms with Crippen molar-refractivity contribution in [2.75, 3.05) is 20.8 Å². The predicted octanol–water partition coefficient (Wildman–Crippen LogP) is 0.953. The van der Waals surface area contributed by atoms with Crippen molar-refractivity contribution in [1.82, 2.24) is 20.4 Å². The number of amides is 3. The molecule has 12 heteroatoms. The molecule has 2 saturated heterocycles. The lowest BCUT2D eigenvalue weighted by Gasteiger charge is -2.45. The minimum Gasteiger partial charge on any atom is -0.468 e. The van der Waals surface area contributed by atoms with Crippen molar-refractivity contribution >= 4 is 25.6 Å². The minimum absolute atomic E-state index is 0.00166. The molecule has 0 aromatic carbocycles. The van der Waals surface area contributed by atoms with Crippen LogP contribution in [0, 0.1) is 5.41 Å². The van der Waals surface area contributed by atoms with E-state index in [2.05, 4.69) is 20.2 Å². The van der Waals surface area contributed by atoms with Crippen LogP contribution < -0.4 is 15.5 Å². The standard InChI is InChI=1S/C17H31N4O7P/c1-10(14(22)26-6)20-29(25,18-5)27-9-12-7-8-13(28-12)21-11(2)17(3,4)15(23)19-16(21)24/h10-13H,7-9H2,1-6H3,(H2,18,20,25)(H,19,23,24). The number of carbonyl (C=O) groups excluding carboxylic acids is 3. The van der Waals surface area contributed by atoms with Gasteiger partial charge in [-0.05, 0) is 47.6 Å². The zero-order valence-corrected chi connectivity index (χ0v) is 18.6. The van der Waals surface area contributed by atoms with Crippen LogP contribution in [0.25, 0.3) is 0 Å². The van der Waals surface area contributed by atoms with Gasteiger partial charge in [-0.3, -0.25) is 24.4 Å². The lowest BCUT2D eigenvalue weighted by atomic mass is 9.81. The molecule has 2 aliphatic heterocycles. The average Bonchev–Trinajstić information content (AvgIpc) is 3.13. The van der Waals surface area contributed by atoms with Crippen LogP contribution >= 0.6 is 7.67 Å². The third-order valence-electron chi connectivity index (χ3n) is 5.55. The summed E-state index contributed by atoms with van der Waals surface area (Å²) < 4.78 is 28.8. The molecular formula is C17H31N4O7P. The van der Waals surface area contributed by atoms with Crippen molar-refractivity contribution in [3.63, 3.8) is 0 Å². The number of methoxy groups -OCH3 is 1. The van der Waals surface area contributed by atoms with E-state index in [1.165, 1.54) is 26.0 Å². The van der Waals surface area contributed by atoms with Gasteiger partial charge in [0.15, 0.2) is 0 Å². The summed E-state index contributed by atoms with van der Waals surface area (Å²) in [5.41, 5.74) is -0.748. The number of esters is 1. The van der Waals surface area contributed by atoms with Gasteiger partial charge >= 0.3 is 19.7 Å². The van der Waals surface area contributed by atoms with Crippen LogP contribution in [-0.2, 0) is 28.2 Å². The van der Waals surface area contributed by atoms with Gasteiger partial charge in [0.2, 0.25) is 5.91 Å². The van der Waals surface area contributed by atoms with Crippen LogP contribution in [0.2, 0.25) is 0 Å². The molecule has 5 atom stereocenters. The maximum Gasteiger partial charge on any atom is 0.341 e. The fraction of sp³-hybridized carbons (Fsp3) is 0.824. The molecule has 0 bridgehead atoms. The topological polar surface area (TPSA) is 135 Å². The molecule has 0 aromatic heterocycles. The van der Waals surface area contributed by atoms with Crippen LogP contribution in [0.3, 0.4) is 0 Å². The Morgan fingerprint density at radius 2 is 2.07 bits per heavy atom. The summed E-state index contributed by atoms with van der Waals surface area (Å²) in [6, 6.07) is -1.66. The summed E-state index contributed by atoms with van der Waals surface area (Å²) in [5.74, 6) is -0.881. The Morgan fingerprint density at radius 1 is 1.41 bits per heavy atom. The van der Waals surface area contributed by atoms with Gasteiger partial charge in [-0.2, -0.15) is 0 Å². The molecule has 0 aromatic rings. The first kappa shape index (κ1) is 23.8. The van der Waals surface area contributed by atoms with Gasteiger partial charge in [-0.25, -0.2) is 15.0 Å². The number of nitrogens with zero attached hydrogens (tertiary/aromatic N) is 1. The molecule has 5 unspecified atom stereocenters. The van der Waals surface area contributed by atoms with Crippen molar-refractivity contribution in [3.05, 3.63) is 0 Å². The number of carbonyl (C=O) groups is 3. The second-order valence-electron chi connectivity index (χ2n) is 7.80. The SMILES string of the molecule is CNP(=O)(NC(C)C(=O)OC)OCC1CCC(N2C(=O)NC(=O)C(C)(C)C2C)O1. The molecule has 29 heavy (non-hydrogen) atoms. The van der Waals surface area contributed by atoms with Crippen molar-refractivity contribution in [3.8, 4) is 0 Å². The zero-order valence-electron chi connectivity index (χ0n) is 17.7. The largest absolute Gasteiger partial charge is 0.468 e. The van der Waals surface area contributed by atoms with E-state index < -0.39 is 43.5 Å². The second kappa shape index (κ2) is 9.09. The Labute approximate surface area is 170 Å². The first-order chi connectivity index (χ1) is 13.4. The summed E-state index contributed by atoms with van der Waals surface area (Å²) in [7, 11) is -0.805. The summed E-state index contributed by atoms with van der Waals surface area (Å²) >= 11 is 0. The molecule has 11 nitrogen and oxygen atoms in total. The monoisotopic (exact) mass is 434 g/mol. The van der Waals surface area contributed by atoms with E-state index in [4.69, 9.17) is 9.26 Å². The highest BCUT2D eigenvalue weighted by Gasteiger charge is 2.49.